The van der Waals surface area contributed by atoms with Gasteiger partial charge < -0.3 is 4.74 Å². The smallest absolute Gasteiger partial charge is 0.316 e. The molecule has 0 aliphatic heterocycles. The molecule has 0 saturated heterocycles. The summed E-state index contributed by atoms with van der Waals surface area (Å²) in [5.41, 5.74) is 0.731. The zero-order valence-corrected chi connectivity index (χ0v) is 12.5. The van der Waals surface area contributed by atoms with E-state index in [0.29, 0.717) is 24.1 Å². The van der Waals surface area contributed by atoms with Gasteiger partial charge in [0.05, 0.1) is 12.4 Å². The van der Waals surface area contributed by atoms with Gasteiger partial charge in [-0.3, -0.25) is 14.3 Å². The first-order valence-corrected chi connectivity index (χ1v) is 7.48. The molecule has 0 spiro atoms. The van der Waals surface area contributed by atoms with Gasteiger partial charge in [-0.2, -0.15) is 0 Å². The van der Waals surface area contributed by atoms with Crippen LogP contribution in [-0.4, -0.2) is 38.1 Å². The molecule has 110 valence electrons. The molecule has 21 heavy (non-hydrogen) atoms. The van der Waals surface area contributed by atoms with Crippen molar-refractivity contribution >= 4 is 17.7 Å². The molecule has 0 radical (unpaired) electrons. The van der Waals surface area contributed by atoms with E-state index in [-0.39, 0.29) is 11.7 Å². The molecule has 0 bridgehead atoms. The van der Waals surface area contributed by atoms with Crippen molar-refractivity contribution in [1.82, 2.24) is 19.7 Å². The number of rotatable bonds is 7. The van der Waals surface area contributed by atoms with Crippen LogP contribution in [0.5, 0.6) is 0 Å². The van der Waals surface area contributed by atoms with Crippen LogP contribution in [0.25, 0.3) is 11.5 Å². The average Bonchev–Trinajstić information content (AvgIpc) is 2.90. The maximum Gasteiger partial charge on any atom is 0.316 e. The standard InChI is InChI=1S/C14H16N4O2S/c1-3-9-18-13(11-7-5-6-8-15-11)16-17-14(18)21-10-12(19)20-4-2/h3,5-8H,1,4,9-10H2,2H3. The van der Waals surface area contributed by atoms with Crippen LogP contribution >= 0.6 is 11.8 Å². The molecule has 7 heteroatoms. The second-order valence-electron chi connectivity index (χ2n) is 4.01. The lowest BCUT2D eigenvalue weighted by atomic mass is 10.3. The molecule has 2 aromatic heterocycles. The van der Waals surface area contributed by atoms with E-state index in [1.165, 1.54) is 11.8 Å². The van der Waals surface area contributed by atoms with Crippen molar-refractivity contribution in [1.29, 1.82) is 0 Å². The molecule has 0 fully saturated rings. The summed E-state index contributed by atoms with van der Waals surface area (Å²) >= 11 is 1.29. The van der Waals surface area contributed by atoms with E-state index in [2.05, 4.69) is 21.8 Å². The van der Waals surface area contributed by atoms with Crippen LogP contribution in [-0.2, 0) is 16.1 Å². The first-order chi connectivity index (χ1) is 10.3. The van der Waals surface area contributed by atoms with Gasteiger partial charge in [-0.15, -0.1) is 16.8 Å². The largest absolute Gasteiger partial charge is 0.465 e. The fourth-order valence-electron chi connectivity index (χ4n) is 1.70. The third-order valence-corrected chi connectivity index (χ3v) is 3.49. The van der Waals surface area contributed by atoms with Gasteiger partial charge >= 0.3 is 5.97 Å². The van der Waals surface area contributed by atoms with Crippen LogP contribution in [0.15, 0.2) is 42.2 Å². The second kappa shape index (κ2) is 7.58. The number of carbonyl (C=O) groups is 1. The van der Waals surface area contributed by atoms with Gasteiger partial charge in [0, 0.05) is 12.7 Å². The number of carbonyl (C=O) groups excluding carboxylic acids is 1. The molecule has 0 saturated carbocycles. The Bertz CT molecular complexity index is 613. The maximum atomic E-state index is 11.4. The van der Waals surface area contributed by atoms with Gasteiger partial charge in [0.2, 0.25) is 0 Å². The molecule has 0 aliphatic carbocycles. The average molecular weight is 304 g/mol. The monoisotopic (exact) mass is 304 g/mol. The lowest BCUT2D eigenvalue weighted by molar-refractivity contribution is -0.139. The Morgan fingerprint density at radius 2 is 2.33 bits per heavy atom. The summed E-state index contributed by atoms with van der Waals surface area (Å²) in [6, 6.07) is 5.60. The number of thioether (sulfide) groups is 1. The molecule has 2 aromatic rings. The summed E-state index contributed by atoms with van der Waals surface area (Å²) < 4.78 is 6.78. The van der Waals surface area contributed by atoms with Crippen molar-refractivity contribution in [2.24, 2.45) is 0 Å². The lowest BCUT2D eigenvalue weighted by Gasteiger charge is -2.06. The number of ether oxygens (including phenoxy) is 1. The van der Waals surface area contributed by atoms with Gasteiger partial charge in [0.1, 0.15) is 5.69 Å². The van der Waals surface area contributed by atoms with E-state index in [4.69, 9.17) is 4.74 Å². The summed E-state index contributed by atoms with van der Waals surface area (Å²) in [5, 5.41) is 8.92. The van der Waals surface area contributed by atoms with Gasteiger partial charge in [-0.25, -0.2) is 0 Å². The van der Waals surface area contributed by atoms with Crippen molar-refractivity contribution in [2.75, 3.05) is 12.4 Å². The van der Waals surface area contributed by atoms with E-state index in [0.717, 1.165) is 5.69 Å². The Balaban J connectivity index is 2.21. The van der Waals surface area contributed by atoms with Crippen LogP contribution in [0.2, 0.25) is 0 Å². The fraction of sp³-hybridized carbons (Fsp3) is 0.286. The summed E-state index contributed by atoms with van der Waals surface area (Å²) in [6.07, 6.45) is 3.46. The van der Waals surface area contributed by atoms with Gasteiger partial charge in [0.25, 0.3) is 0 Å². The Labute approximate surface area is 127 Å². The molecule has 0 aliphatic rings. The van der Waals surface area contributed by atoms with E-state index >= 15 is 0 Å². The fourth-order valence-corrected chi connectivity index (χ4v) is 2.45. The quantitative estimate of drug-likeness (QED) is 0.443. The SMILES string of the molecule is C=CCn1c(SCC(=O)OCC)nnc1-c1ccccn1. The Kier molecular flexibility index (Phi) is 5.51. The van der Waals surface area contributed by atoms with Gasteiger partial charge in [0.15, 0.2) is 11.0 Å². The van der Waals surface area contributed by atoms with Gasteiger partial charge in [-0.05, 0) is 19.1 Å². The summed E-state index contributed by atoms with van der Waals surface area (Å²) in [7, 11) is 0. The molecule has 2 rings (SSSR count). The number of pyridine rings is 1. The molecule has 0 unspecified atom stereocenters. The first kappa shape index (κ1) is 15.2. The number of allylic oxidation sites excluding steroid dienone is 1. The van der Waals surface area contributed by atoms with Crippen molar-refractivity contribution < 1.29 is 9.53 Å². The number of hydrogen-bond donors (Lipinski definition) is 0. The summed E-state index contributed by atoms with van der Waals surface area (Å²) in [4.78, 5) is 15.7. The molecule has 0 aromatic carbocycles. The van der Waals surface area contributed by atoms with E-state index in [1.807, 2.05) is 22.8 Å². The minimum absolute atomic E-state index is 0.200. The Morgan fingerprint density at radius 3 is 3.00 bits per heavy atom. The molecular weight excluding hydrogens is 288 g/mol. The minimum atomic E-state index is -0.268. The van der Waals surface area contributed by atoms with Crippen molar-refractivity contribution in [3.63, 3.8) is 0 Å². The number of hydrogen-bond acceptors (Lipinski definition) is 6. The third kappa shape index (κ3) is 3.91. The number of aromatic nitrogens is 4. The highest BCUT2D eigenvalue weighted by molar-refractivity contribution is 7.99. The Morgan fingerprint density at radius 1 is 1.48 bits per heavy atom. The normalized spacial score (nSPS) is 10.3. The van der Waals surface area contributed by atoms with Gasteiger partial charge in [-0.1, -0.05) is 23.9 Å². The summed E-state index contributed by atoms with van der Waals surface area (Å²) in [5.74, 6) is 0.586. The highest BCUT2D eigenvalue weighted by Gasteiger charge is 2.15. The molecule has 0 N–H and O–H groups in total. The molecule has 6 nitrogen and oxygen atoms in total. The number of nitrogens with zero attached hydrogens (tertiary/aromatic N) is 4. The van der Waals surface area contributed by atoms with Crippen molar-refractivity contribution in [2.45, 2.75) is 18.6 Å². The minimum Gasteiger partial charge on any atom is -0.465 e. The summed E-state index contributed by atoms with van der Waals surface area (Å²) in [6.45, 7) is 6.44. The van der Waals surface area contributed by atoms with Crippen LogP contribution in [0, 0.1) is 0 Å². The highest BCUT2D eigenvalue weighted by Crippen LogP contribution is 2.22. The van der Waals surface area contributed by atoms with Crippen LogP contribution in [0.3, 0.4) is 0 Å². The highest BCUT2D eigenvalue weighted by atomic mass is 32.2. The van der Waals surface area contributed by atoms with Crippen LogP contribution < -0.4 is 0 Å². The molecule has 0 amide bonds. The van der Waals surface area contributed by atoms with Crippen molar-refractivity contribution in [3.05, 3.63) is 37.1 Å². The van der Waals surface area contributed by atoms with Crippen LogP contribution in [0.1, 0.15) is 6.92 Å². The van der Waals surface area contributed by atoms with Crippen LogP contribution in [0.4, 0.5) is 0 Å². The molecular formula is C14H16N4O2S. The predicted molar refractivity (Wildman–Crippen MR) is 80.8 cm³/mol. The Hall–Kier alpha value is -2.15. The third-order valence-electron chi connectivity index (χ3n) is 2.55. The second-order valence-corrected chi connectivity index (χ2v) is 4.96. The maximum absolute atomic E-state index is 11.4. The predicted octanol–water partition coefficient (Wildman–Crippen LogP) is 2.18. The molecule has 0 atom stereocenters. The van der Waals surface area contributed by atoms with E-state index in [9.17, 15) is 4.79 Å². The first-order valence-electron chi connectivity index (χ1n) is 6.50. The zero-order valence-electron chi connectivity index (χ0n) is 11.7. The van der Waals surface area contributed by atoms with E-state index < -0.39 is 0 Å². The molecule has 2 heterocycles. The number of esters is 1. The van der Waals surface area contributed by atoms with E-state index in [1.54, 1.807) is 19.2 Å². The van der Waals surface area contributed by atoms with Crippen molar-refractivity contribution in [3.8, 4) is 11.5 Å². The zero-order chi connectivity index (χ0) is 15.1. The topological polar surface area (TPSA) is 69.9 Å². The lowest BCUT2D eigenvalue weighted by Crippen LogP contribution is -2.08.